The second kappa shape index (κ2) is 5.66. The van der Waals surface area contributed by atoms with Crippen molar-refractivity contribution in [2.24, 2.45) is 0 Å². The summed E-state index contributed by atoms with van der Waals surface area (Å²) in [6.07, 6.45) is 1.13. The first kappa shape index (κ1) is 16.2. The summed E-state index contributed by atoms with van der Waals surface area (Å²) in [5, 5.41) is 0. The third kappa shape index (κ3) is 5.35. The minimum Gasteiger partial charge on any atom is -0.518 e. The Kier molecular flexibility index (Phi) is 4.83. The van der Waals surface area contributed by atoms with E-state index >= 15 is 0 Å². The van der Waals surface area contributed by atoms with E-state index in [-0.39, 0.29) is 12.1 Å². The molecule has 0 aliphatic carbocycles. The fraction of sp³-hybridized carbons (Fsp3) is 0.833. The zero-order valence-electron chi connectivity index (χ0n) is 12.8. The molecule has 0 aromatic rings. The van der Waals surface area contributed by atoms with Crippen LogP contribution < -0.4 is 0 Å². The Bertz CT molecular complexity index is 326. The van der Waals surface area contributed by atoms with Crippen molar-refractivity contribution in [3.63, 3.8) is 0 Å². The zero-order chi connectivity index (χ0) is 14.8. The summed E-state index contributed by atoms with van der Waals surface area (Å²) in [7, 11) is -3.85. The Morgan fingerprint density at radius 2 is 1.53 bits per heavy atom. The second-order valence-corrected chi connectivity index (χ2v) is 15.7. The molecule has 1 aliphatic heterocycles. The van der Waals surface area contributed by atoms with E-state index in [0.717, 1.165) is 6.42 Å². The van der Waals surface area contributed by atoms with Crippen molar-refractivity contribution >= 4 is 28.7 Å². The van der Waals surface area contributed by atoms with Gasteiger partial charge in [-0.25, -0.2) is 4.79 Å². The van der Waals surface area contributed by atoms with E-state index in [1.165, 1.54) is 4.90 Å². The van der Waals surface area contributed by atoms with Gasteiger partial charge in [-0.3, -0.25) is 9.69 Å². The van der Waals surface area contributed by atoms with Gasteiger partial charge in [0.1, 0.15) is 6.04 Å². The van der Waals surface area contributed by atoms with Gasteiger partial charge in [0.05, 0.1) is 0 Å². The molecule has 1 amide bonds. The first-order valence-corrected chi connectivity index (χ1v) is 13.5. The number of hydrogen-bond acceptors (Lipinski definition) is 4. The van der Waals surface area contributed by atoms with Gasteiger partial charge < -0.3 is 8.85 Å². The molecule has 1 fully saturated rings. The summed E-state index contributed by atoms with van der Waals surface area (Å²) >= 11 is 0. The molecule has 0 aromatic carbocycles. The lowest BCUT2D eigenvalue weighted by atomic mass is 10.2. The van der Waals surface area contributed by atoms with Crippen molar-refractivity contribution in [2.45, 2.75) is 58.2 Å². The monoisotopic (exact) mass is 303 g/mol. The Balaban J connectivity index is 2.69. The smallest absolute Gasteiger partial charge is 0.396 e. The van der Waals surface area contributed by atoms with E-state index in [2.05, 4.69) is 0 Å². The Labute approximate surface area is 117 Å². The van der Waals surface area contributed by atoms with Crippen LogP contribution in [-0.4, -0.2) is 46.2 Å². The van der Waals surface area contributed by atoms with Gasteiger partial charge in [-0.05, 0) is 52.1 Å². The highest BCUT2D eigenvalue weighted by Crippen LogP contribution is 2.22. The average Bonchev–Trinajstić information content (AvgIpc) is 2.59. The van der Waals surface area contributed by atoms with Crippen LogP contribution in [0.25, 0.3) is 0 Å². The van der Waals surface area contributed by atoms with Crippen molar-refractivity contribution in [1.82, 2.24) is 4.90 Å². The predicted molar refractivity (Wildman–Crippen MR) is 79.0 cm³/mol. The van der Waals surface area contributed by atoms with Crippen molar-refractivity contribution in [3.05, 3.63) is 0 Å². The summed E-state index contributed by atoms with van der Waals surface area (Å²) in [5.74, 6) is -0.274. The van der Waals surface area contributed by atoms with Crippen LogP contribution in [0.1, 0.15) is 12.8 Å². The molecule has 5 nitrogen and oxygen atoms in total. The molecule has 1 heterocycles. The topological polar surface area (TPSA) is 55.8 Å². The van der Waals surface area contributed by atoms with Crippen molar-refractivity contribution in [1.29, 1.82) is 0 Å². The molecule has 1 rings (SSSR count). The van der Waals surface area contributed by atoms with Crippen LogP contribution in [0, 0.1) is 0 Å². The largest absolute Gasteiger partial charge is 0.518 e. The van der Waals surface area contributed by atoms with E-state index in [1.807, 2.05) is 39.3 Å². The maximum absolute atomic E-state index is 12.1. The minimum atomic E-state index is -1.93. The molecule has 110 valence electrons. The molecule has 1 aliphatic rings. The second-order valence-electron chi connectivity index (χ2n) is 6.87. The fourth-order valence-electron chi connectivity index (χ4n) is 1.92. The molecular weight excluding hydrogens is 278 g/mol. The first-order chi connectivity index (χ1) is 8.49. The van der Waals surface area contributed by atoms with Crippen LogP contribution in [0.2, 0.25) is 39.3 Å². The number of likely N-dealkylation sites (tertiary alicyclic amines) is 1. The highest BCUT2D eigenvalue weighted by molar-refractivity contribution is 6.71. The summed E-state index contributed by atoms with van der Waals surface area (Å²) in [6, 6.07) is -0.462. The van der Waals surface area contributed by atoms with Crippen LogP contribution in [0.4, 0.5) is 4.79 Å². The highest BCUT2D eigenvalue weighted by atomic mass is 28.4. The van der Waals surface area contributed by atoms with Gasteiger partial charge in [0.2, 0.25) is 16.6 Å². The van der Waals surface area contributed by atoms with Crippen molar-refractivity contribution in [2.75, 3.05) is 6.54 Å². The van der Waals surface area contributed by atoms with E-state index in [4.69, 9.17) is 8.85 Å². The van der Waals surface area contributed by atoms with Crippen LogP contribution in [0.15, 0.2) is 0 Å². The quantitative estimate of drug-likeness (QED) is 0.752. The average molecular weight is 304 g/mol. The van der Waals surface area contributed by atoms with Crippen LogP contribution >= 0.6 is 0 Å². The third-order valence-electron chi connectivity index (χ3n) is 2.56. The van der Waals surface area contributed by atoms with E-state index in [9.17, 15) is 9.59 Å². The molecule has 0 bridgehead atoms. The van der Waals surface area contributed by atoms with Crippen LogP contribution in [0.3, 0.4) is 0 Å². The SMILES string of the molecule is C[Si](C)(C)OC(=O)C1CCCN1C(=O)O[Si](C)(C)C. The normalized spacial score (nSPS) is 20.3. The molecule has 1 unspecified atom stereocenters. The molecule has 19 heavy (non-hydrogen) atoms. The van der Waals surface area contributed by atoms with Gasteiger partial charge in [-0.1, -0.05) is 0 Å². The maximum Gasteiger partial charge on any atom is 0.396 e. The lowest BCUT2D eigenvalue weighted by Gasteiger charge is -2.29. The van der Waals surface area contributed by atoms with Crippen molar-refractivity contribution in [3.8, 4) is 0 Å². The number of carbonyl (C=O) groups is 2. The molecule has 0 saturated carbocycles. The summed E-state index contributed by atoms with van der Waals surface area (Å²) < 4.78 is 11.0. The van der Waals surface area contributed by atoms with Gasteiger partial charge in [-0.15, -0.1) is 0 Å². The van der Waals surface area contributed by atoms with E-state index < -0.39 is 22.7 Å². The van der Waals surface area contributed by atoms with Gasteiger partial charge in [0.25, 0.3) is 0 Å². The van der Waals surface area contributed by atoms with Crippen LogP contribution in [0.5, 0.6) is 0 Å². The summed E-state index contributed by atoms with van der Waals surface area (Å²) in [6.45, 7) is 12.3. The molecule has 0 spiro atoms. The number of rotatable bonds is 3. The van der Waals surface area contributed by atoms with Gasteiger partial charge in [0, 0.05) is 6.54 Å². The van der Waals surface area contributed by atoms with Crippen molar-refractivity contribution < 1.29 is 18.4 Å². The number of amides is 1. The molecule has 0 N–H and O–H groups in total. The molecule has 1 atom stereocenters. The molecule has 0 aromatic heterocycles. The summed E-state index contributed by atoms with van der Waals surface area (Å²) in [5.41, 5.74) is 0. The Hall–Kier alpha value is -0.826. The van der Waals surface area contributed by atoms with E-state index in [0.29, 0.717) is 13.0 Å². The molecule has 7 heteroatoms. The third-order valence-corrected chi connectivity index (χ3v) is 4.16. The lowest BCUT2D eigenvalue weighted by molar-refractivity contribution is -0.139. The maximum atomic E-state index is 12.1. The summed E-state index contributed by atoms with van der Waals surface area (Å²) in [4.78, 5) is 25.7. The van der Waals surface area contributed by atoms with Gasteiger partial charge in [0.15, 0.2) is 0 Å². The standard InChI is InChI=1S/C12H25NO4Si2/c1-18(2,3)16-11(14)10-8-7-9-13(10)12(15)17-19(4,5)6/h10H,7-9H2,1-6H3. The van der Waals surface area contributed by atoms with Gasteiger partial charge in [-0.2, -0.15) is 0 Å². The fourth-order valence-corrected chi connectivity index (χ4v) is 3.30. The highest BCUT2D eigenvalue weighted by Gasteiger charge is 2.39. The lowest BCUT2D eigenvalue weighted by Crippen LogP contribution is -2.47. The first-order valence-electron chi connectivity index (χ1n) is 6.72. The Morgan fingerprint density at radius 3 is 2.00 bits per heavy atom. The minimum absolute atomic E-state index is 0.274. The molecular formula is C12H25NO4Si2. The number of hydrogen-bond donors (Lipinski definition) is 0. The number of carbonyl (C=O) groups excluding carboxylic acids is 2. The van der Waals surface area contributed by atoms with E-state index in [1.54, 1.807) is 0 Å². The number of nitrogens with zero attached hydrogens (tertiary/aromatic N) is 1. The van der Waals surface area contributed by atoms with Gasteiger partial charge >= 0.3 is 12.1 Å². The predicted octanol–water partition coefficient (Wildman–Crippen LogP) is 2.80. The molecule has 0 radical (unpaired) electrons. The zero-order valence-corrected chi connectivity index (χ0v) is 14.8. The van der Waals surface area contributed by atoms with Crippen LogP contribution in [-0.2, 0) is 13.6 Å². The Morgan fingerprint density at radius 1 is 1.00 bits per heavy atom. The molecule has 1 saturated heterocycles.